The van der Waals surface area contributed by atoms with Gasteiger partial charge in [-0.1, -0.05) is 30.3 Å². The lowest BCUT2D eigenvalue weighted by Crippen LogP contribution is -2.48. The Bertz CT molecular complexity index is 1050. The van der Waals surface area contributed by atoms with Crippen molar-refractivity contribution in [1.29, 1.82) is 0 Å². The van der Waals surface area contributed by atoms with Crippen molar-refractivity contribution >= 4 is 29.7 Å². The molecule has 2 aromatic rings. The molecule has 0 unspecified atom stereocenters. The van der Waals surface area contributed by atoms with Crippen LogP contribution in [0.5, 0.6) is 0 Å². The van der Waals surface area contributed by atoms with E-state index >= 15 is 0 Å². The Morgan fingerprint density at radius 3 is 2.06 bits per heavy atom. The molecule has 2 aromatic carbocycles. The largest absolute Gasteiger partial charge is 0.464 e. The predicted octanol–water partition coefficient (Wildman–Crippen LogP) is 1.71. The van der Waals surface area contributed by atoms with Gasteiger partial charge in [-0.25, -0.2) is 9.59 Å². The molecular formula is C23H22N2O7. The molecule has 3 rings (SSSR count). The Labute approximate surface area is 184 Å². The molecule has 0 saturated heterocycles. The fourth-order valence-corrected chi connectivity index (χ4v) is 3.22. The van der Waals surface area contributed by atoms with Crippen LogP contribution in [0.25, 0.3) is 0 Å². The first-order valence-corrected chi connectivity index (χ1v) is 10.1. The Kier molecular flexibility index (Phi) is 6.99. The van der Waals surface area contributed by atoms with Gasteiger partial charge in [-0.15, -0.1) is 0 Å². The molecule has 1 aliphatic heterocycles. The van der Waals surface area contributed by atoms with Gasteiger partial charge in [0.25, 0.3) is 17.7 Å². The lowest BCUT2D eigenvalue weighted by molar-refractivity contribution is -0.157. The maximum absolute atomic E-state index is 12.8. The van der Waals surface area contributed by atoms with Gasteiger partial charge in [-0.2, -0.15) is 0 Å². The topological polar surface area (TPSA) is 119 Å². The van der Waals surface area contributed by atoms with Crippen LogP contribution in [0.1, 0.15) is 50.5 Å². The minimum atomic E-state index is -1.65. The van der Waals surface area contributed by atoms with Crippen LogP contribution >= 0.6 is 0 Å². The predicted molar refractivity (Wildman–Crippen MR) is 112 cm³/mol. The summed E-state index contributed by atoms with van der Waals surface area (Å²) in [5, 5.41) is 2.27. The number of rotatable bonds is 8. The maximum Gasteiger partial charge on any atom is 0.340 e. The Hall–Kier alpha value is -4.01. The number of fused-ring (bicyclic) bond motifs is 1. The zero-order valence-electron chi connectivity index (χ0n) is 17.6. The summed E-state index contributed by atoms with van der Waals surface area (Å²) in [7, 11) is 0. The molecule has 1 heterocycles. The summed E-state index contributed by atoms with van der Waals surface area (Å²) in [6.07, 6.45) is 0. The van der Waals surface area contributed by atoms with Crippen molar-refractivity contribution in [3.05, 3.63) is 70.8 Å². The number of carbonyl (C=O) groups is 5. The Balaban J connectivity index is 1.81. The quantitative estimate of drug-likeness (QED) is 0.379. The first kappa shape index (κ1) is 22.7. The molecule has 0 spiro atoms. The van der Waals surface area contributed by atoms with E-state index in [0.29, 0.717) is 0 Å². The highest BCUT2D eigenvalue weighted by Crippen LogP contribution is 2.25. The van der Waals surface area contributed by atoms with Crippen molar-refractivity contribution in [1.82, 2.24) is 10.2 Å². The molecule has 0 aliphatic carbocycles. The van der Waals surface area contributed by atoms with Crippen LogP contribution in [-0.4, -0.2) is 53.8 Å². The molecule has 0 radical (unpaired) electrons. The van der Waals surface area contributed by atoms with E-state index in [-0.39, 0.29) is 36.4 Å². The summed E-state index contributed by atoms with van der Waals surface area (Å²) >= 11 is 0. The fraction of sp³-hybridized carbons (Fsp3) is 0.261. The standard InChI is InChI=1S/C23H22N2O7/c1-3-31-22(29)18(23(30)32-4-2)24-19(26)15-10-11-16-17(12-15)21(28)25(20(16)27)13-14-8-6-5-7-9-14/h5-12,18H,3-4,13H2,1-2H3,(H,24,26). The first-order chi connectivity index (χ1) is 15.4. The minimum Gasteiger partial charge on any atom is -0.464 e. The van der Waals surface area contributed by atoms with Crippen molar-refractivity contribution < 1.29 is 33.4 Å². The van der Waals surface area contributed by atoms with E-state index in [2.05, 4.69) is 5.32 Å². The lowest BCUT2D eigenvalue weighted by atomic mass is 10.0. The number of carbonyl (C=O) groups excluding carboxylic acids is 5. The summed E-state index contributed by atoms with van der Waals surface area (Å²) in [5.74, 6) is -3.70. The second-order valence-corrected chi connectivity index (χ2v) is 6.85. The normalized spacial score (nSPS) is 12.5. The number of nitrogens with one attached hydrogen (secondary N) is 1. The molecule has 0 saturated carbocycles. The molecule has 166 valence electrons. The van der Waals surface area contributed by atoms with Gasteiger partial charge in [0, 0.05) is 5.56 Å². The smallest absolute Gasteiger partial charge is 0.340 e. The fourth-order valence-electron chi connectivity index (χ4n) is 3.22. The molecule has 1 aliphatic rings. The number of ether oxygens (including phenoxy) is 2. The summed E-state index contributed by atoms with van der Waals surface area (Å²) in [6.45, 7) is 3.25. The second-order valence-electron chi connectivity index (χ2n) is 6.85. The number of hydrogen-bond acceptors (Lipinski definition) is 7. The monoisotopic (exact) mass is 438 g/mol. The average Bonchev–Trinajstić information content (AvgIpc) is 3.02. The number of hydrogen-bond donors (Lipinski definition) is 1. The molecule has 0 bridgehead atoms. The van der Waals surface area contributed by atoms with Crippen molar-refractivity contribution in [2.45, 2.75) is 26.4 Å². The highest BCUT2D eigenvalue weighted by Gasteiger charge is 2.37. The third kappa shape index (κ3) is 4.66. The van der Waals surface area contributed by atoms with Crippen molar-refractivity contribution in [3.63, 3.8) is 0 Å². The summed E-state index contributed by atoms with van der Waals surface area (Å²) in [5.41, 5.74) is 1.04. The molecule has 9 nitrogen and oxygen atoms in total. The average molecular weight is 438 g/mol. The second kappa shape index (κ2) is 9.86. The SMILES string of the molecule is CCOC(=O)C(NC(=O)c1ccc2c(c1)C(=O)N(Cc1ccccc1)C2=O)C(=O)OCC. The van der Waals surface area contributed by atoms with E-state index in [1.54, 1.807) is 38.1 Å². The minimum absolute atomic E-state index is 0.00468. The van der Waals surface area contributed by atoms with Crippen LogP contribution < -0.4 is 5.32 Å². The Morgan fingerprint density at radius 2 is 1.47 bits per heavy atom. The van der Waals surface area contributed by atoms with Crippen molar-refractivity contribution in [3.8, 4) is 0 Å². The molecule has 1 N–H and O–H groups in total. The van der Waals surface area contributed by atoms with Gasteiger partial charge >= 0.3 is 11.9 Å². The van der Waals surface area contributed by atoms with Gasteiger partial charge in [-0.3, -0.25) is 19.3 Å². The Morgan fingerprint density at radius 1 is 0.875 bits per heavy atom. The van der Waals surface area contributed by atoms with Gasteiger partial charge in [0.05, 0.1) is 30.9 Å². The van der Waals surface area contributed by atoms with Gasteiger partial charge in [0.15, 0.2) is 0 Å². The number of imide groups is 1. The van der Waals surface area contributed by atoms with Crippen LogP contribution in [0, 0.1) is 0 Å². The molecular weight excluding hydrogens is 416 g/mol. The summed E-state index contributed by atoms with van der Waals surface area (Å²) in [6, 6.07) is 11.4. The van der Waals surface area contributed by atoms with Gasteiger partial charge in [0.2, 0.25) is 6.04 Å². The first-order valence-electron chi connectivity index (χ1n) is 10.1. The lowest BCUT2D eigenvalue weighted by Gasteiger charge is -2.16. The van der Waals surface area contributed by atoms with Crippen LogP contribution in [0.3, 0.4) is 0 Å². The van der Waals surface area contributed by atoms with Gasteiger partial charge in [-0.05, 0) is 37.6 Å². The number of nitrogens with zero attached hydrogens (tertiary/aromatic N) is 1. The highest BCUT2D eigenvalue weighted by molar-refractivity contribution is 6.22. The van der Waals surface area contributed by atoms with E-state index in [9.17, 15) is 24.0 Å². The van der Waals surface area contributed by atoms with E-state index in [1.807, 2.05) is 6.07 Å². The molecule has 0 atom stereocenters. The molecule has 0 aromatic heterocycles. The summed E-state index contributed by atoms with van der Waals surface area (Å²) < 4.78 is 9.65. The number of benzene rings is 2. The van der Waals surface area contributed by atoms with E-state index in [0.717, 1.165) is 10.5 Å². The van der Waals surface area contributed by atoms with E-state index in [1.165, 1.54) is 18.2 Å². The van der Waals surface area contributed by atoms with Gasteiger partial charge in [0.1, 0.15) is 0 Å². The molecule has 32 heavy (non-hydrogen) atoms. The molecule has 0 fully saturated rings. The van der Waals surface area contributed by atoms with Crippen molar-refractivity contribution in [2.75, 3.05) is 13.2 Å². The van der Waals surface area contributed by atoms with Crippen LogP contribution in [0.2, 0.25) is 0 Å². The number of esters is 2. The van der Waals surface area contributed by atoms with Crippen molar-refractivity contribution in [2.24, 2.45) is 0 Å². The maximum atomic E-state index is 12.8. The van der Waals surface area contributed by atoms with Gasteiger partial charge < -0.3 is 14.8 Å². The van der Waals surface area contributed by atoms with Crippen LogP contribution in [0.4, 0.5) is 0 Å². The third-order valence-electron chi connectivity index (χ3n) is 4.74. The van der Waals surface area contributed by atoms with Crippen LogP contribution in [0.15, 0.2) is 48.5 Å². The van der Waals surface area contributed by atoms with E-state index < -0.39 is 35.7 Å². The highest BCUT2D eigenvalue weighted by atomic mass is 16.6. The zero-order chi connectivity index (χ0) is 23.3. The van der Waals surface area contributed by atoms with Crippen LogP contribution in [-0.2, 0) is 25.6 Å². The summed E-state index contributed by atoms with van der Waals surface area (Å²) in [4.78, 5) is 63.5. The number of amides is 3. The molecule has 3 amide bonds. The third-order valence-corrected chi connectivity index (χ3v) is 4.74. The van der Waals surface area contributed by atoms with E-state index in [4.69, 9.17) is 9.47 Å². The zero-order valence-corrected chi connectivity index (χ0v) is 17.6. The molecule has 9 heteroatoms.